The second kappa shape index (κ2) is 4.80. The second-order valence-electron chi connectivity index (χ2n) is 3.99. The summed E-state index contributed by atoms with van der Waals surface area (Å²) in [5.74, 6) is -0.779. The van der Waals surface area contributed by atoms with Gasteiger partial charge in [0.2, 0.25) is 5.91 Å². The number of carbonyl (C=O) groups is 1. The molecular formula is C12H9F3N2O2. The molecule has 1 aliphatic heterocycles. The average molecular weight is 270 g/mol. The summed E-state index contributed by atoms with van der Waals surface area (Å²) >= 11 is 0. The van der Waals surface area contributed by atoms with E-state index >= 15 is 0 Å². The normalized spacial score (nSPS) is 15.5. The number of hydrogen-bond acceptors (Lipinski definition) is 3. The van der Waals surface area contributed by atoms with Crippen molar-refractivity contribution in [3.05, 3.63) is 23.8 Å². The number of amides is 1. The Hall–Kier alpha value is -2.23. The zero-order valence-corrected chi connectivity index (χ0v) is 9.70. The predicted octanol–water partition coefficient (Wildman–Crippen LogP) is 2.58. The van der Waals surface area contributed by atoms with Gasteiger partial charge in [0.15, 0.2) is 5.75 Å². The lowest BCUT2D eigenvalue weighted by molar-refractivity contribution is -0.274. The van der Waals surface area contributed by atoms with Crippen LogP contribution in [0.5, 0.6) is 5.75 Å². The zero-order chi connectivity index (χ0) is 14.0. The molecule has 1 fully saturated rings. The standard InChI is InChI=1S/C12H9F3N2O2/c13-12(14,15)19-10-6-8(7-16)3-4-9(10)17-5-1-2-11(17)18/h3-4,6H,1-2,5H2. The van der Waals surface area contributed by atoms with E-state index in [-0.39, 0.29) is 17.2 Å². The first-order valence-electron chi connectivity index (χ1n) is 5.51. The molecule has 0 saturated carbocycles. The molecule has 1 aromatic rings. The Bertz CT molecular complexity index is 549. The number of hydrogen-bond donors (Lipinski definition) is 0. The van der Waals surface area contributed by atoms with Crippen LogP contribution in [0.25, 0.3) is 0 Å². The molecule has 1 saturated heterocycles. The van der Waals surface area contributed by atoms with E-state index in [0.29, 0.717) is 19.4 Å². The van der Waals surface area contributed by atoms with Crippen LogP contribution < -0.4 is 9.64 Å². The Morgan fingerprint density at radius 3 is 2.63 bits per heavy atom. The Balaban J connectivity index is 2.42. The van der Waals surface area contributed by atoms with E-state index in [1.165, 1.54) is 17.0 Å². The number of rotatable bonds is 2. The number of nitriles is 1. The fourth-order valence-corrected chi connectivity index (χ4v) is 1.92. The molecular weight excluding hydrogens is 261 g/mol. The van der Waals surface area contributed by atoms with Gasteiger partial charge < -0.3 is 9.64 Å². The van der Waals surface area contributed by atoms with Gasteiger partial charge in [-0.15, -0.1) is 13.2 Å². The number of ether oxygens (including phenoxy) is 1. The summed E-state index contributed by atoms with van der Waals surface area (Å²) in [6.45, 7) is 0.346. The lowest BCUT2D eigenvalue weighted by Crippen LogP contribution is -2.26. The summed E-state index contributed by atoms with van der Waals surface area (Å²) in [6, 6.07) is 5.36. The monoisotopic (exact) mass is 270 g/mol. The summed E-state index contributed by atoms with van der Waals surface area (Å²) in [7, 11) is 0. The molecule has 0 aliphatic carbocycles. The predicted molar refractivity (Wildman–Crippen MR) is 59.4 cm³/mol. The number of alkyl halides is 3. The van der Waals surface area contributed by atoms with E-state index in [2.05, 4.69) is 4.74 Å². The molecule has 1 aromatic carbocycles. The van der Waals surface area contributed by atoms with Gasteiger partial charge in [-0.1, -0.05) is 0 Å². The molecule has 0 atom stereocenters. The van der Waals surface area contributed by atoms with E-state index < -0.39 is 12.1 Å². The number of benzene rings is 1. The van der Waals surface area contributed by atoms with Gasteiger partial charge in [-0.3, -0.25) is 4.79 Å². The van der Waals surface area contributed by atoms with Crippen LogP contribution in [0.15, 0.2) is 18.2 Å². The Morgan fingerprint density at radius 2 is 2.11 bits per heavy atom. The highest BCUT2D eigenvalue weighted by atomic mass is 19.4. The van der Waals surface area contributed by atoms with E-state index in [1.54, 1.807) is 6.07 Å². The smallest absolute Gasteiger partial charge is 0.404 e. The second-order valence-corrected chi connectivity index (χ2v) is 3.99. The van der Waals surface area contributed by atoms with E-state index in [1.807, 2.05) is 0 Å². The highest BCUT2D eigenvalue weighted by molar-refractivity contribution is 5.96. The molecule has 0 radical (unpaired) electrons. The largest absolute Gasteiger partial charge is 0.573 e. The maximum Gasteiger partial charge on any atom is 0.573 e. The van der Waals surface area contributed by atoms with Crippen molar-refractivity contribution in [1.82, 2.24) is 0 Å². The molecule has 1 aliphatic rings. The average Bonchev–Trinajstić information content (AvgIpc) is 2.73. The van der Waals surface area contributed by atoms with Gasteiger partial charge in [0.1, 0.15) is 0 Å². The van der Waals surface area contributed by atoms with Crippen molar-refractivity contribution in [2.45, 2.75) is 19.2 Å². The number of halogens is 3. The van der Waals surface area contributed by atoms with Crippen LogP contribution in [0.2, 0.25) is 0 Å². The van der Waals surface area contributed by atoms with Gasteiger partial charge in [-0.25, -0.2) is 0 Å². The molecule has 7 heteroatoms. The minimum absolute atomic E-state index is 0.0367. The van der Waals surface area contributed by atoms with Crippen molar-refractivity contribution in [2.24, 2.45) is 0 Å². The maximum absolute atomic E-state index is 12.3. The van der Waals surface area contributed by atoms with Crippen LogP contribution in [-0.2, 0) is 4.79 Å². The Morgan fingerprint density at radius 1 is 1.37 bits per heavy atom. The third kappa shape index (κ3) is 2.96. The third-order valence-corrected chi connectivity index (χ3v) is 2.68. The summed E-state index contributed by atoms with van der Waals surface area (Å²) in [5, 5.41) is 8.70. The van der Waals surface area contributed by atoms with E-state index in [4.69, 9.17) is 5.26 Å². The zero-order valence-electron chi connectivity index (χ0n) is 9.70. The van der Waals surface area contributed by atoms with Crippen LogP contribution >= 0.6 is 0 Å². The lowest BCUT2D eigenvalue weighted by Gasteiger charge is -2.20. The van der Waals surface area contributed by atoms with Crippen LogP contribution in [-0.4, -0.2) is 18.8 Å². The molecule has 100 valence electrons. The topological polar surface area (TPSA) is 53.3 Å². The molecule has 0 unspecified atom stereocenters. The van der Waals surface area contributed by atoms with Gasteiger partial charge in [-0.2, -0.15) is 5.26 Å². The quantitative estimate of drug-likeness (QED) is 0.830. The molecule has 0 spiro atoms. The van der Waals surface area contributed by atoms with Crippen molar-refractivity contribution >= 4 is 11.6 Å². The Labute approximate surface area is 107 Å². The highest BCUT2D eigenvalue weighted by Crippen LogP contribution is 2.35. The highest BCUT2D eigenvalue weighted by Gasteiger charge is 2.34. The van der Waals surface area contributed by atoms with Crippen LogP contribution in [0.1, 0.15) is 18.4 Å². The fraction of sp³-hybridized carbons (Fsp3) is 0.333. The first kappa shape index (κ1) is 13.2. The van der Waals surface area contributed by atoms with Gasteiger partial charge >= 0.3 is 6.36 Å². The molecule has 0 aromatic heterocycles. The molecule has 0 bridgehead atoms. The maximum atomic E-state index is 12.3. The molecule has 19 heavy (non-hydrogen) atoms. The Kier molecular flexibility index (Phi) is 3.34. The molecule has 2 rings (SSSR count). The molecule has 1 heterocycles. The van der Waals surface area contributed by atoms with Crippen LogP contribution in [0, 0.1) is 11.3 Å². The summed E-state index contributed by atoms with van der Waals surface area (Å²) in [6.07, 6.45) is -3.98. The van der Waals surface area contributed by atoms with E-state index in [9.17, 15) is 18.0 Å². The third-order valence-electron chi connectivity index (χ3n) is 2.68. The van der Waals surface area contributed by atoms with Gasteiger partial charge in [0, 0.05) is 19.0 Å². The summed E-state index contributed by atoms with van der Waals surface area (Å²) in [4.78, 5) is 12.8. The SMILES string of the molecule is N#Cc1ccc(N2CCCC2=O)c(OC(F)(F)F)c1. The first-order valence-corrected chi connectivity index (χ1v) is 5.51. The number of nitrogens with zero attached hydrogens (tertiary/aromatic N) is 2. The lowest BCUT2D eigenvalue weighted by atomic mass is 10.2. The van der Waals surface area contributed by atoms with Crippen LogP contribution in [0.4, 0.5) is 18.9 Å². The molecule has 1 amide bonds. The first-order chi connectivity index (χ1) is 8.90. The minimum atomic E-state index is -4.87. The summed E-state index contributed by atoms with van der Waals surface area (Å²) in [5.41, 5.74) is 0.0773. The number of carbonyl (C=O) groups excluding carboxylic acids is 1. The van der Waals surface area contributed by atoms with Gasteiger partial charge in [0.25, 0.3) is 0 Å². The fourth-order valence-electron chi connectivity index (χ4n) is 1.92. The van der Waals surface area contributed by atoms with Crippen molar-refractivity contribution in [3.8, 4) is 11.8 Å². The molecule has 0 N–H and O–H groups in total. The van der Waals surface area contributed by atoms with Gasteiger partial charge in [-0.05, 0) is 18.6 Å². The van der Waals surface area contributed by atoms with Crippen molar-refractivity contribution in [3.63, 3.8) is 0 Å². The van der Waals surface area contributed by atoms with Crippen LogP contribution in [0.3, 0.4) is 0 Å². The van der Waals surface area contributed by atoms with Crippen molar-refractivity contribution in [1.29, 1.82) is 5.26 Å². The van der Waals surface area contributed by atoms with E-state index in [0.717, 1.165) is 6.07 Å². The van der Waals surface area contributed by atoms with Crippen molar-refractivity contribution < 1.29 is 22.7 Å². The number of anilines is 1. The van der Waals surface area contributed by atoms with Crippen molar-refractivity contribution in [2.75, 3.05) is 11.4 Å². The van der Waals surface area contributed by atoms with Gasteiger partial charge in [0.05, 0.1) is 17.3 Å². The summed E-state index contributed by atoms with van der Waals surface area (Å²) < 4.78 is 40.9. The minimum Gasteiger partial charge on any atom is -0.404 e. The molecule has 4 nitrogen and oxygen atoms in total.